The highest BCUT2D eigenvalue weighted by molar-refractivity contribution is 5.92. The topological polar surface area (TPSA) is 84.1 Å². The Hall–Kier alpha value is -3.00. The van der Waals surface area contributed by atoms with E-state index in [2.05, 4.69) is 10.2 Å². The molecule has 1 fully saturated rings. The Balaban J connectivity index is 1.85. The molecule has 0 saturated carbocycles. The molecule has 8 heteroatoms. The highest BCUT2D eigenvalue weighted by Crippen LogP contribution is 2.39. The van der Waals surface area contributed by atoms with Crippen LogP contribution in [0.4, 0.5) is 11.4 Å². The van der Waals surface area contributed by atoms with Crippen molar-refractivity contribution in [3.8, 4) is 17.2 Å². The van der Waals surface area contributed by atoms with Crippen LogP contribution in [-0.4, -0.2) is 50.5 Å². The maximum absolute atomic E-state index is 12.6. The lowest BCUT2D eigenvalue weighted by atomic mass is 10.2. The fraction of sp³-hybridized carbons (Fsp3) is 0.429. The average Bonchev–Trinajstić information content (AvgIpc) is 2.71. The van der Waals surface area contributed by atoms with Gasteiger partial charge in [0, 0.05) is 31.3 Å². The first-order chi connectivity index (χ1) is 14.1. The van der Waals surface area contributed by atoms with Crippen LogP contribution in [0, 0.1) is 0 Å². The fourth-order valence-electron chi connectivity index (χ4n) is 3.21. The quantitative estimate of drug-likeness (QED) is 0.657. The number of benzene rings is 1. The Bertz CT molecular complexity index is 837. The van der Waals surface area contributed by atoms with Gasteiger partial charge in [-0.3, -0.25) is 4.79 Å². The van der Waals surface area contributed by atoms with E-state index in [9.17, 15) is 9.90 Å². The Kier molecular flexibility index (Phi) is 7.13. The molecule has 2 aromatic rings. The van der Waals surface area contributed by atoms with Crippen LogP contribution >= 0.6 is 0 Å². The summed E-state index contributed by atoms with van der Waals surface area (Å²) in [5.74, 6) is 1.15. The van der Waals surface area contributed by atoms with Crippen molar-refractivity contribution in [2.24, 2.45) is 0 Å². The summed E-state index contributed by atoms with van der Waals surface area (Å²) in [5.41, 5.74) is 1.48. The zero-order chi connectivity index (χ0) is 20.6. The van der Waals surface area contributed by atoms with Gasteiger partial charge in [0.1, 0.15) is 11.5 Å². The molecule has 0 spiro atoms. The Morgan fingerprint density at radius 3 is 2.62 bits per heavy atom. The molecule has 8 nitrogen and oxygen atoms in total. The second-order valence-electron chi connectivity index (χ2n) is 6.56. The van der Waals surface area contributed by atoms with Crippen molar-refractivity contribution in [3.05, 3.63) is 36.7 Å². The number of hydrogen-bond donors (Lipinski definition) is 2. The summed E-state index contributed by atoms with van der Waals surface area (Å²) in [5, 5.41) is 12.5. The first kappa shape index (κ1) is 20.7. The van der Waals surface area contributed by atoms with E-state index in [1.807, 2.05) is 26.0 Å². The van der Waals surface area contributed by atoms with Crippen molar-refractivity contribution in [2.45, 2.75) is 20.4 Å². The number of nitrogens with one attached hydrogen (secondary N) is 1. The van der Waals surface area contributed by atoms with Gasteiger partial charge in [-0.05, 0) is 19.9 Å². The van der Waals surface area contributed by atoms with Gasteiger partial charge >= 0.3 is 0 Å². The zero-order valence-electron chi connectivity index (χ0n) is 16.9. The molecule has 1 aliphatic rings. The van der Waals surface area contributed by atoms with E-state index >= 15 is 0 Å². The molecular weight excluding hydrogens is 374 g/mol. The van der Waals surface area contributed by atoms with E-state index < -0.39 is 0 Å². The maximum Gasteiger partial charge on any atom is 0.290 e. The average molecular weight is 402 g/mol. The molecule has 29 heavy (non-hydrogen) atoms. The molecule has 0 atom stereocenters. The molecular formula is C21H28N3O5+. The van der Waals surface area contributed by atoms with Crippen LogP contribution in [0.25, 0.3) is 0 Å². The normalized spacial score (nSPS) is 13.8. The molecule has 0 bridgehead atoms. The number of aromatic nitrogens is 1. The van der Waals surface area contributed by atoms with E-state index in [-0.39, 0.29) is 18.2 Å². The molecule has 0 unspecified atom stereocenters. The van der Waals surface area contributed by atoms with Crippen LogP contribution in [0.15, 0.2) is 36.7 Å². The second kappa shape index (κ2) is 9.97. The third-order valence-corrected chi connectivity index (χ3v) is 4.46. The molecule has 0 aliphatic carbocycles. The van der Waals surface area contributed by atoms with Crippen LogP contribution in [0.3, 0.4) is 0 Å². The number of pyridine rings is 1. The van der Waals surface area contributed by atoms with Gasteiger partial charge in [-0.15, -0.1) is 0 Å². The van der Waals surface area contributed by atoms with Crippen molar-refractivity contribution < 1.29 is 28.7 Å². The fourth-order valence-corrected chi connectivity index (χ4v) is 3.21. The van der Waals surface area contributed by atoms with Crippen LogP contribution < -0.4 is 24.3 Å². The molecule has 1 aliphatic heterocycles. The van der Waals surface area contributed by atoms with Crippen LogP contribution in [0.1, 0.15) is 13.8 Å². The molecule has 2 heterocycles. The third-order valence-electron chi connectivity index (χ3n) is 4.46. The standard InChI is InChI=1S/C21H27N3O5/c1-3-28-19-13-18(24-8-10-27-11-9-24)20(29-4-2)12-17(19)22-21(26)15-23-7-5-6-16(25)14-23/h5-7,12-14H,3-4,8-11,15H2,1-2H3,(H-,22,25,26)/p+1. The molecule has 2 N–H and O–H groups in total. The molecule has 3 rings (SSSR count). The van der Waals surface area contributed by atoms with E-state index in [0.29, 0.717) is 43.6 Å². The number of amides is 1. The summed E-state index contributed by atoms with van der Waals surface area (Å²) in [6, 6.07) is 6.96. The van der Waals surface area contributed by atoms with Gasteiger partial charge in [0.05, 0.1) is 37.8 Å². The van der Waals surface area contributed by atoms with E-state index in [4.69, 9.17) is 14.2 Å². The monoisotopic (exact) mass is 402 g/mol. The van der Waals surface area contributed by atoms with E-state index in [1.165, 1.54) is 6.20 Å². The number of morpholine rings is 1. The number of hydrogen-bond acceptors (Lipinski definition) is 6. The number of anilines is 2. The first-order valence-electron chi connectivity index (χ1n) is 9.85. The SMILES string of the molecule is CCOc1cc(N2CCOCC2)c(OCC)cc1NC(=O)C[n+]1cccc(O)c1. The van der Waals surface area contributed by atoms with Gasteiger partial charge in [-0.1, -0.05) is 0 Å². The summed E-state index contributed by atoms with van der Waals surface area (Å²) in [4.78, 5) is 14.8. The van der Waals surface area contributed by atoms with Gasteiger partial charge in [0.2, 0.25) is 12.7 Å². The highest BCUT2D eigenvalue weighted by atomic mass is 16.5. The molecule has 1 amide bonds. The summed E-state index contributed by atoms with van der Waals surface area (Å²) in [6.07, 6.45) is 3.21. The molecule has 1 aromatic carbocycles. The summed E-state index contributed by atoms with van der Waals surface area (Å²) < 4.78 is 18.7. The number of carbonyl (C=O) groups is 1. The van der Waals surface area contributed by atoms with E-state index in [1.54, 1.807) is 22.9 Å². The second-order valence-corrected chi connectivity index (χ2v) is 6.56. The van der Waals surface area contributed by atoms with Crippen molar-refractivity contribution in [1.29, 1.82) is 0 Å². The van der Waals surface area contributed by atoms with Crippen LogP contribution in [-0.2, 0) is 16.1 Å². The van der Waals surface area contributed by atoms with Gasteiger partial charge < -0.3 is 29.5 Å². The van der Waals surface area contributed by atoms with Crippen molar-refractivity contribution in [2.75, 3.05) is 49.7 Å². The van der Waals surface area contributed by atoms with Gasteiger partial charge in [-0.2, -0.15) is 4.57 Å². The number of ether oxygens (including phenoxy) is 3. The van der Waals surface area contributed by atoms with Gasteiger partial charge in [0.25, 0.3) is 5.91 Å². The highest BCUT2D eigenvalue weighted by Gasteiger charge is 2.21. The lowest BCUT2D eigenvalue weighted by Crippen LogP contribution is -2.39. The summed E-state index contributed by atoms with van der Waals surface area (Å²) in [7, 11) is 0. The lowest BCUT2D eigenvalue weighted by Gasteiger charge is -2.31. The predicted molar refractivity (Wildman–Crippen MR) is 109 cm³/mol. The largest absolute Gasteiger partial charge is 0.503 e. The molecule has 1 saturated heterocycles. The number of nitrogens with zero attached hydrogens (tertiary/aromatic N) is 2. The Morgan fingerprint density at radius 2 is 1.93 bits per heavy atom. The minimum atomic E-state index is -0.233. The molecule has 0 radical (unpaired) electrons. The van der Waals surface area contributed by atoms with E-state index in [0.717, 1.165) is 18.8 Å². The molecule has 1 aromatic heterocycles. The van der Waals surface area contributed by atoms with Crippen LogP contribution in [0.5, 0.6) is 17.2 Å². The number of rotatable bonds is 8. The molecule has 156 valence electrons. The van der Waals surface area contributed by atoms with Crippen molar-refractivity contribution >= 4 is 17.3 Å². The minimum absolute atomic E-state index is 0.0646. The van der Waals surface area contributed by atoms with Crippen molar-refractivity contribution in [3.63, 3.8) is 0 Å². The smallest absolute Gasteiger partial charge is 0.290 e. The Labute approximate surface area is 170 Å². The zero-order valence-corrected chi connectivity index (χ0v) is 16.9. The van der Waals surface area contributed by atoms with Gasteiger partial charge in [0.15, 0.2) is 11.9 Å². The maximum atomic E-state index is 12.6. The summed E-state index contributed by atoms with van der Waals surface area (Å²) in [6.45, 7) is 7.74. The number of carbonyl (C=O) groups excluding carboxylic acids is 1. The lowest BCUT2D eigenvalue weighted by molar-refractivity contribution is -0.684. The van der Waals surface area contributed by atoms with Crippen molar-refractivity contribution in [1.82, 2.24) is 0 Å². The third kappa shape index (κ3) is 5.51. The Morgan fingerprint density at radius 1 is 1.21 bits per heavy atom. The first-order valence-corrected chi connectivity index (χ1v) is 9.85. The number of aromatic hydroxyl groups is 1. The minimum Gasteiger partial charge on any atom is -0.503 e. The predicted octanol–water partition coefficient (Wildman–Crippen LogP) is 1.95. The summed E-state index contributed by atoms with van der Waals surface area (Å²) >= 11 is 0. The van der Waals surface area contributed by atoms with Crippen LogP contribution in [0.2, 0.25) is 0 Å². The van der Waals surface area contributed by atoms with Gasteiger partial charge in [-0.25, -0.2) is 0 Å².